The molecule has 1 heterocycles. The Morgan fingerprint density at radius 1 is 1.30 bits per heavy atom. The molecule has 0 radical (unpaired) electrons. The lowest BCUT2D eigenvalue weighted by atomic mass is 9.75. The van der Waals surface area contributed by atoms with Gasteiger partial charge in [0.1, 0.15) is 0 Å². The Morgan fingerprint density at radius 2 is 2.00 bits per heavy atom. The molecule has 58 valence electrons. The fraction of sp³-hybridized carbons (Fsp3) is 1.00. The molecule has 0 aromatic heterocycles. The van der Waals surface area contributed by atoms with E-state index in [-0.39, 0.29) is 0 Å². The van der Waals surface area contributed by atoms with E-state index in [0.717, 1.165) is 6.04 Å². The number of hydrogen-bond acceptors (Lipinski definition) is 1. The molecule has 1 heteroatoms. The maximum Gasteiger partial charge on any atom is 0.0210 e. The summed E-state index contributed by atoms with van der Waals surface area (Å²) in [6.07, 6.45) is 7.29. The quantitative estimate of drug-likeness (QED) is 0.496. The number of nitrogens with zero attached hydrogens (tertiary/aromatic N) is 1. The number of rotatable bonds is 0. The minimum absolute atomic E-state index is 0.680. The maximum absolute atomic E-state index is 2.61. The van der Waals surface area contributed by atoms with Crippen LogP contribution in [-0.2, 0) is 0 Å². The van der Waals surface area contributed by atoms with Crippen molar-refractivity contribution in [2.75, 3.05) is 7.05 Å². The predicted molar refractivity (Wildman–Crippen MR) is 43.0 cm³/mol. The molecule has 2 fully saturated rings. The van der Waals surface area contributed by atoms with Crippen molar-refractivity contribution in [1.29, 1.82) is 0 Å². The molecule has 0 aromatic rings. The van der Waals surface area contributed by atoms with Crippen molar-refractivity contribution < 1.29 is 0 Å². The van der Waals surface area contributed by atoms with Crippen LogP contribution in [0.2, 0.25) is 0 Å². The monoisotopic (exact) mass is 139 g/mol. The summed E-state index contributed by atoms with van der Waals surface area (Å²) in [5.74, 6) is 0. The highest BCUT2D eigenvalue weighted by Crippen LogP contribution is 2.46. The van der Waals surface area contributed by atoms with Gasteiger partial charge in [0.05, 0.1) is 0 Å². The molecule has 1 nitrogen and oxygen atoms in total. The molecular weight excluding hydrogens is 122 g/mol. The second-order valence-electron chi connectivity index (χ2n) is 4.08. The lowest BCUT2D eigenvalue weighted by Gasteiger charge is -2.45. The molecule has 2 aliphatic rings. The number of likely N-dealkylation sites (tertiary alicyclic amines) is 1. The first-order valence-electron chi connectivity index (χ1n) is 4.48. The van der Waals surface area contributed by atoms with Gasteiger partial charge in [0.2, 0.25) is 0 Å². The van der Waals surface area contributed by atoms with Gasteiger partial charge < -0.3 is 0 Å². The fourth-order valence-corrected chi connectivity index (χ4v) is 2.50. The van der Waals surface area contributed by atoms with E-state index >= 15 is 0 Å². The Morgan fingerprint density at radius 3 is 2.20 bits per heavy atom. The van der Waals surface area contributed by atoms with Crippen LogP contribution < -0.4 is 0 Å². The third-order valence-electron chi connectivity index (χ3n) is 3.72. The lowest BCUT2D eigenvalue weighted by molar-refractivity contribution is 0.0595. The van der Waals surface area contributed by atoms with Gasteiger partial charge in [-0.3, -0.25) is 4.90 Å². The molecule has 0 bridgehead atoms. The van der Waals surface area contributed by atoms with Crippen LogP contribution in [0.25, 0.3) is 0 Å². The Bertz CT molecular complexity index is 138. The van der Waals surface area contributed by atoms with E-state index in [2.05, 4.69) is 18.9 Å². The first-order chi connectivity index (χ1) is 4.75. The SMILES string of the molecule is C[C@@H]1CCC2(CCC2)N1C. The molecule has 0 aromatic carbocycles. The maximum atomic E-state index is 2.61. The average Bonchev–Trinajstić information content (AvgIpc) is 2.10. The lowest BCUT2D eigenvalue weighted by Crippen LogP contribution is -2.49. The van der Waals surface area contributed by atoms with Gasteiger partial charge in [0, 0.05) is 11.6 Å². The van der Waals surface area contributed by atoms with Gasteiger partial charge in [-0.1, -0.05) is 0 Å². The van der Waals surface area contributed by atoms with Crippen LogP contribution in [0.4, 0.5) is 0 Å². The van der Waals surface area contributed by atoms with Crippen LogP contribution in [-0.4, -0.2) is 23.5 Å². The molecule has 1 spiro atoms. The van der Waals surface area contributed by atoms with E-state index in [1.807, 2.05) is 0 Å². The largest absolute Gasteiger partial charge is 0.298 e. The van der Waals surface area contributed by atoms with Crippen LogP contribution in [0.3, 0.4) is 0 Å². The fourth-order valence-electron chi connectivity index (χ4n) is 2.50. The number of hydrogen-bond donors (Lipinski definition) is 0. The average molecular weight is 139 g/mol. The van der Waals surface area contributed by atoms with E-state index in [1.165, 1.54) is 32.1 Å². The molecule has 1 atom stereocenters. The van der Waals surface area contributed by atoms with Crippen molar-refractivity contribution >= 4 is 0 Å². The van der Waals surface area contributed by atoms with Crippen molar-refractivity contribution in [3.05, 3.63) is 0 Å². The first kappa shape index (κ1) is 6.66. The summed E-state index contributed by atoms with van der Waals surface area (Å²) in [6, 6.07) is 0.847. The Hall–Kier alpha value is -0.0400. The van der Waals surface area contributed by atoms with Crippen LogP contribution in [0.5, 0.6) is 0 Å². The molecule has 10 heavy (non-hydrogen) atoms. The van der Waals surface area contributed by atoms with Gasteiger partial charge in [0.15, 0.2) is 0 Å². The zero-order valence-electron chi connectivity index (χ0n) is 7.06. The van der Waals surface area contributed by atoms with E-state index in [1.54, 1.807) is 0 Å². The van der Waals surface area contributed by atoms with E-state index in [4.69, 9.17) is 0 Å². The highest BCUT2D eigenvalue weighted by Gasteiger charge is 2.46. The molecule has 1 saturated carbocycles. The van der Waals surface area contributed by atoms with Crippen molar-refractivity contribution in [2.45, 2.75) is 50.6 Å². The summed E-state index contributed by atoms with van der Waals surface area (Å²) >= 11 is 0. The molecule has 2 rings (SSSR count). The Labute approximate surface area is 63.4 Å². The first-order valence-corrected chi connectivity index (χ1v) is 4.48. The van der Waals surface area contributed by atoms with Crippen LogP contribution in [0.1, 0.15) is 39.0 Å². The molecule has 1 aliphatic carbocycles. The van der Waals surface area contributed by atoms with Crippen molar-refractivity contribution in [1.82, 2.24) is 4.90 Å². The summed E-state index contributed by atoms with van der Waals surface area (Å²) in [6.45, 7) is 2.35. The highest BCUT2D eigenvalue weighted by atomic mass is 15.2. The minimum Gasteiger partial charge on any atom is -0.298 e. The standard InChI is InChI=1S/C9H17N/c1-8-4-7-9(10(8)2)5-3-6-9/h8H,3-7H2,1-2H3/t8-/m1/s1. The van der Waals surface area contributed by atoms with Gasteiger partial charge in [-0.2, -0.15) is 0 Å². The third-order valence-corrected chi connectivity index (χ3v) is 3.72. The van der Waals surface area contributed by atoms with Gasteiger partial charge >= 0.3 is 0 Å². The second kappa shape index (κ2) is 1.97. The smallest absolute Gasteiger partial charge is 0.0210 e. The summed E-state index contributed by atoms with van der Waals surface area (Å²) in [4.78, 5) is 2.61. The van der Waals surface area contributed by atoms with Gasteiger partial charge in [-0.25, -0.2) is 0 Å². The third kappa shape index (κ3) is 0.672. The van der Waals surface area contributed by atoms with Crippen LogP contribution >= 0.6 is 0 Å². The summed E-state index contributed by atoms with van der Waals surface area (Å²) in [7, 11) is 2.30. The topological polar surface area (TPSA) is 3.24 Å². The van der Waals surface area contributed by atoms with Crippen LogP contribution in [0, 0.1) is 0 Å². The summed E-state index contributed by atoms with van der Waals surface area (Å²) in [5.41, 5.74) is 0.680. The highest BCUT2D eigenvalue weighted by molar-refractivity contribution is 5.02. The van der Waals surface area contributed by atoms with Crippen molar-refractivity contribution in [3.63, 3.8) is 0 Å². The van der Waals surface area contributed by atoms with Crippen LogP contribution in [0.15, 0.2) is 0 Å². The van der Waals surface area contributed by atoms with Crippen molar-refractivity contribution in [2.24, 2.45) is 0 Å². The molecule has 0 amide bonds. The minimum atomic E-state index is 0.680. The summed E-state index contributed by atoms with van der Waals surface area (Å²) < 4.78 is 0. The van der Waals surface area contributed by atoms with E-state index < -0.39 is 0 Å². The molecule has 0 unspecified atom stereocenters. The second-order valence-corrected chi connectivity index (χ2v) is 4.08. The van der Waals surface area contributed by atoms with Gasteiger partial charge in [-0.15, -0.1) is 0 Å². The zero-order chi connectivity index (χ0) is 7.19. The normalized spacial score (nSPS) is 38.4. The summed E-state index contributed by atoms with van der Waals surface area (Å²) in [5, 5.41) is 0. The van der Waals surface area contributed by atoms with Crippen molar-refractivity contribution in [3.8, 4) is 0 Å². The molecule has 1 saturated heterocycles. The molecule has 0 N–H and O–H groups in total. The van der Waals surface area contributed by atoms with Gasteiger partial charge in [-0.05, 0) is 46.1 Å². The zero-order valence-corrected chi connectivity index (χ0v) is 7.06. The Kier molecular flexibility index (Phi) is 1.31. The van der Waals surface area contributed by atoms with E-state index in [9.17, 15) is 0 Å². The predicted octanol–water partition coefficient (Wildman–Crippen LogP) is 2.02. The molecule has 1 aliphatic heterocycles. The van der Waals surface area contributed by atoms with Gasteiger partial charge in [0.25, 0.3) is 0 Å². The molecular formula is C9H17N. The van der Waals surface area contributed by atoms with E-state index in [0.29, 0.717) is 5.54 Å². The Balaban J connectivity index is 2.10.